The summed E-state index contributed by atoms with van der Waals surface area (Å²) >= 11 is 3.45. The number of esters is 1. The van der Waals surface area contributed by atoms with Crippen LogP contribution in [0.3, 0.4) is 0 Å². The van der Waals surface area contributed by atoms with E-state index in [-0.39, 0.29) is 12.4 Å². The molecule has 0 unspecified atom stereocenters. The van der Waals surface area contributed by atoms with Gasteiger partial charge in [-0.3, -0.25) is 4.79 Å². The molecule has 130 valence electrons. The first-order valence-electron chi connectivity index (χ1n) is 8.06. The Morgan fingerprint density at radius 1 is 1.00 bits per heavy atom. The maximum Gasteiger partial charge on any atom is 0.315 e. The Hall–Kier alpha value is -2.79. The number of ether oxygens (including phenoxy) is 2. The molecule has 4 nitrogen and oxygen atoms in total. The van der Waals surface area contributed by atoms with Crippen molar-refractivity contribution in [2.24, 2.45) is 0 Å². The van der Waals surface area contributed by atoms with Crippen molar-refractivity contribution in [3.8, 4) is 11.5 Å². The van der Waals surface area contributed by atoms with Crippen molar-refractivity contribution in [3.63, 3.8) is 0 Å². The SMILES string of the molecule is COc1ccc2c(CC(=O)Oc3ccc4cc(Br)ccc4c3)coc2c1. The molecule has 0 aliphatic carbocycles. The monoisotopic (exact) mass is 410 g/mol. The Kier molecular flexibility index (Phi) is 4.39. The van der Waals surface area contributed by atoms with E-state index in [0.29, 0.717) is 17.1 Å². The van der Waals surface area contributed by atoms with Gasteiger partial charge in [0.2, 0.25) is 0 Å². The van der Waals surface area contributed by atoms with E-state index in [0.717, 1.165) is 26.2 Å². The predicted molar refractivity (Wildman–Crippen MR) is 104 cm³/mol. The highest BCUT2D eigenvalue weighted by atomic mass is 79.9. The van der Waals surface area contributed by atoms with Crippen molar-refractivity contribution in [2.45, 2.75) is 6.42 Å². The van der Waals surface area contributed by atoms with Crippen molar-refractivity contribution in [3.05, 3.63) is 70.9 Å². The largest absolute Gasteiger partial charge is 0.497 e. The number of carbonyl (C=O) groups is 1. The Bertz CT molecular complexity index is 1110. The normalized spacial score (nSPS) is 11.0. The summed E-state index contributed by atoms with van der Waals surface area (Å²) < 4.78 is 17.2. The van der Waals surface area contributed by atoms with Gasteiger partial charge in [0.25, 0.3) is 0 Å². The molecule has 26 heavy (non-hydrogen) atoms. The zero-order valence-corrected chi connectivity index (χ0v) is 15.6. The minimum Gasteiger partial charge on any atom is -0.497 e. The molecule has 5 heteroatoms. The van der Waals surface area contributed by atoms with Gasteiger partial charge < -0.3 is 13.9 Å². The Labute approximate surface area is 158 Å². The fraction of sp³-hybridized carbons (Fsp3) is 0.0952. The van der Waals surface area contributed by atoms with Crippen LogP contribution >= 0.6 is 15.9 Å². The van der Waals surface area contributed by atoms with Crippen molar-refractivity contribution in [1.29, 1.82) is 0 Å². The number of hydrogen-bond donors (Lipinski definition) is 0. The number of halogens is 1. The third-order valence-corrected chi connectivity index (χ3v) is 4.70. The topological polar surface area (TPSA) is 48.7 Å². The van der Waals surface area contributed by atoms with Crippen LogP contribution in [-0.4, -0.2) is 13.1 Å². The molecule has 0 N–H and O–H groups in total. The lowest BCUT2D eigenvalue weighted by atomic mass is 10.1. The molecule has 1 aromatic heterocycles. The predicted octanol–water partition coefficient (Wildman–Crippen LogP) is 5.51. The minimum atomic E-state index is -0.333. The van der Waals surface area contributed by atoms with Crippen LogP contribution in [0.15, 0.2) is 69.8 Å². The second kappa shape index (κ2) is 6.84. The molecule has 0 radical (unpaired) electrons. The van der Waals surface area contributed by atoms with Gasteiger partial charge in [-0.15, -0.1) is 0 Å². The van der Waals surface area contributed by atoms with Crippen molar-refractivity contribution < 1.29 is 18.7 Å². The number of fused-ring (bicyclic) bond motifs is 2. The molecule has 0 aliphatic heterocycles. The number of hydrogen-bond acceptors (Lipinski definition) is 4. The molecule has 0 amide bonds. The van der Waals surface area contributed by atoms with E-state index in [1.54, 1.807) is 25.5 Å². The van der Waals surface area contributed by atoms with Gasteiger partial charge in [0.05, 0.1) is 19.8 Å². The number of carbonyl (C=O) groups excluding carboxylic acids is 1. The standard InChI is InChI=1S/C21H15BrO4/c1-24-17-6-7-19-15(12-25-20(19)11-17)10-21(23)26-18-5-3-13-8-16(22)4-2-14(13)9-18/h2-9,11-12H,10H2,1H3. The fourth-order valence-corrected chi connectivity index (χ4v) is 3.29. The van der Waals surface area contributed by atoms with Gasteiger partial charge in [0.15, 0.2) is 0 Å². The Morgan fingerprint density at radius 3 is 2.62 bits per heavy atom. The van der Waals surface area contributed by atoms with Gasteiger partial charge in [-0.1, -0.05) is 28.1 Å². The second-order valence-corrected chi connectivity index (χ2v) is 6.84. The highest BCUT2D eigenvalue weighted by Crippen LogP contribution is 2.27. The van der Waals surface area contributed by atoms with Crippen LogP contribution in [0, 0.1) is 0 Å². The average Bonchev–Trinajstić information content (AvgIpc) is 3.03. The fourth-order valence-electron chi connectivity index (χ4n) is 2.91. The molecule has 1 heterocycles. The summed E-state index contributed by atoms with van der Waals surface area (Å²) in [6, 6.07) is 17.1. The molecule has 0 aliphatic rings. The third-order valence-electron chi connectivity index (χ3n) is 4.20. The lowest BCUT2D eigenvalue weighted by Crippen LogP contribution is -2.10. The molecule has 0 bridgehead atoms. The second-order valence-electron chi connectivity index (χ2n) is 5.93. The van der Waals surface area contributed by atoms with E-state index in [2.05, 4.69) is 15.9 Å². The molecule has 0 saturated carbocycles. The molecule has 0 saturated heterocycles. The van der Waals surface area contributed by atoms with Crippen molar-refractivity contribution in [1.82, 2.24) is 0 Å². The summed E-state index contributed by atoms with van der Waals surface area (Å²) in [5.74, 6) is 0.906. The first kappa shape index (κ1) is 16.7. The average molecular weight is 411 g/mol. The number of furan rings is 1. The zero-order valence-electron chi connectivity index (χ0n) is 14.0. The highest BCUT2D eigenvalue weighted by molar-refractivity contribution is 9.10. The quantitative estimate of drug-likeness (QED) is 0.329. The minimum absolute atomic E-state index is 0.137. The highest BCUT2D eigenvalue weighted by Gasteiger charge is 2.13. The molecule has 3 aromatic carbocycles. The third kappa shape index (κ3) is 3.30. The van der Waals surface area contributed by atoms with Crippen molar-refractivity contribution >= 4 is 43.6 Å². The van der Waals surface area contributed by atoms with E-state index < -0.39 is 0 Å². The van der Waals surface area contributed by atoms with Crippen LogP contribution in [0.2, 0.25) is 0 Å². The summed E-state index contributed by atoms with van der Waals surface area (Å²) in [4.78, 5) is 12.3. The van der Waals surface area contributed by atoms with E-state index in [1.165, 1.54) is 0 Å². The van der Waals surface area contributed by atoms with Gasteiger partial charge >= 0.3 is 5.97 Å². The Morgan fingerprint density at radius 2 is 1.77 bits per heavy atom. The molecule has 4 rings (SSSR count). The number of benzene rings is 3. The number of methoxy groups -OCH3 is 1. The summed E-state index contributed by atoms with van der Waals surface area (Å²) in [6.45, 7) is 0. The van der Waals surface area contributed by atoms with Gasteiger partial charge in [-0.05, 0) is 47.2 Å². The smallest absolute Gasteiger partial charge is 0.315 e. The summed E-state index contributed by atoms with van der Waals surface area (Å²) in [5.41, 5.74) is 1.47. The van der Waals surface area contributed by atoms with Crippen LogP contribution in [-0.2, 0) is 11.2 Å². The molecule has 0 atom stereocenters. The van der Waals surface area contributed by atoms with E-state index in [1.807, 2.05) is 42.5 Å². The molecule has 0 spiro atoms. The van der Waals surface area contributed by atoms with Crippen LogP contribution in [0.5, 0.6) is 11.5 Å². The van der Waals surface area contributed by atoms with Gasteiger partial charge in [0, 0.05) is 21.5 Å². The van der Waals surface area contributed by atoms with Gasteiger partial charge in [-0.25, -0.2) is 0 Å². The van der Waals surface area contributed by atoms with Gasteiger partial charge in [-0.2, -0.15) is 0 Å². The van der Waals surface area contributed by atoms with E-state index >= 15 is 0 Å². The molecular weight excluding hydrogens is 396 g/mol. The lowest BCUT2D eigenvalue weighted by molar-refractivity contribution is -0.133. The first-order valence-corrected chi connectivity index (χ1v) is 8.86. The van der Waals surface area contributed by atoms with Gasteiger partial charge in [0.1, 0.15) is 17.1 Å². The maximum atomic E-state index is 12.3. The zero-order chi connectivity index (χ0) is 18.1. The Balaban J connectivity index is 1.53. The van der Waals surface area contributed by atoms with E-state index in [9.17, 15) is 4.79 Å². The van der Waals surface area contributed by atoms with Crippen LogP contribution < -0.4 is 9.47 Å². The van der Waals surface area contributed by atoms with Crippen molar-refractivity contribution in [2.75, 3.05) is 7.11 Å². The first-order chi connectivity index (χ1) is 12.6. The van der Waals surface area contributed by atoms with Crippen LogP contribution in [0.1, 0.15) is 5.56 Å². The molecule has 4 aromatic rings. The van der Waals surface area contributed by atoms with E-state index in [4.69, 9.17) is 13.9 Å². The molecule has 0 fully saturated rings. The van der Waals surface area contributed by atoms with Crippen LogP contribution in [0.25, 0.3) is 21.7 Å². The summed E-state index contributed by atoms with van der Waals surface area (Å²) in [5, 5.41) is 2.97. The summed E-state index contributed by atoms with van der Waals surface area (Å²) in [6.07, 6.45) is 1.72. The maximum absolute atomic E-state index is 12.3. The number of rotatable bonds is 4. The molecular formula is C21H15BrO4. The van der Waals surface area contributed by atoms with Crippen LogP contribution in [0.4, 0.5) is 0 Å². The lowest BCUT2D eigenvalue weighted by Gasteiger charge is -2.06. The summed E-state index contributed by atoms with van der Waals surface area (Å²) in [7, 11) is 1.60.